The summed E-state index contributed by atoms with van der Waals surface area (Å²) in [6.45, 7) is 2.91. The summed E-state index contributed by atoms with van der Waals surface area (Å²) < 4.78 is 5.57. The molecule has 6 nitrogen and oxygen atoms in total. The smallest absolute Gasteiger partial charge is 0.271 e. The Morgan fingerprint density at radius 1 is 1.29 bits per heavy atom. The third-order valence-electron chi connectivity index (χ3n) is 3.09. The van der Waals surface area contributed by atoms with Crippen LogP contribution in [0.5, 0.6) is 5.75 Å². The molecule has 0 atom stereocenters. The minimum Gasteiger partial charge on any atom is -0.492 e. The molecule has 0 saturated heterocycles. The maximum absolute atomic E-state index is 10.8. The number of nitrogens with one attached hydrogen (secondary N) is 2. The van der Waals surface area contributed by atoms with Crippen LogP contribution in [-0.4, -0.2) is 23.2 Å². The summed E-state index contributed by atoms with van der Waals surface area (Å²) >= 11 is 11.1. The van der Waals surface area contributed by atoms with Crippen LogP contribution < -0.4 is 15.4 Å². The quantitative estimate of drug-likeness (QED) is 0.349. The van der Waals surface area contributed by atoms with Gasteiger partial charge in [-0.1, -0.05) is 29.3 Å². The molecule has 0 fully saturated rings. The molecule has 0 radical (unpaired) electrons. The highest BCUT2D eigenvalue weighted by atomic mass is 35.5. The lowest BCUT2D eigenvalue weighted by Crippen LogP contribution is -2.32. The van der Waals surface area contributed by atoms with E-state index in [0.717, 1.165) is 5.75 Å². The number of benzene rings is 2. The Kier molecular flexibility index (Phi) is 6.34. The molecule has 0 amide bonds. The predicted octanol–water partition coefficient (Wildman–Crippen LogP) is 3.92. The number of anilines is 1. The highest BCUT2D eigenvalue weighted by Gasteiger charge is 2.10. The molecule has 2 rings (SSSR count). The number of halogens is 1. The summed E-state index contributed by atoms with van der Waals surface area (Å²) in [7, 11) is 0. The van der Waals surface area contributed by atoms with Crippen molar-refractivity contribution in [3.63, 3.8) is 0 Å². The van der Waals surface area contributed by atoms with Crippen molar-refractivity contribution in [2.24, 2.45) is 0 Å². The van der Waals surface area contributed by atoms with Crippen molar-refractivity contribution in [2.45, 2.75) is 6.92 Å². The Hall–Kier alpha value is -2.38. The summed E-state index contributed by atoms with van der Waals surface area (Å²) in [6.07, 6.45) is 0. The van der Waals surface area contributed by atoms with E-state index in [1.807, 2.05) is 31.2 Å². The van der Waals surface area contributed by atoms with Gasteiger partial charge in [-0.2, -0.15) is 0 Å². The minimum atomic E-state index is -0.493. The lowest BCUT2D eigenvalue weighted by atomic mass is 10.2. The molecular weight excluding hydrogens is 350 g/mol. The molecule has 8 heteroatoms. The van der Waals surface area contributed by atoms with E-state index in [-0.39, 0.29) is 5.69 Å². The SMILES string of the molecule is Cc1ccc(OCCNC(=S)Nc2cc([N+](=O)[O-])ccc2Cl)cc1. The van der Waals surface area contributed by atoms with Crippen molar-refractivity contribution in [3.8, 4) is 5.75 Å². The topological polar surface area (TPSA) is 76.4 Å². The van der Waals surface area contributed by atoms with Crippen LogP contribution in [0.15, 0.2) is 42.5 Å². The van der Waals surface area contributed by atoms with Crippen LogP contribution in [0.4, 0.5) is 11.4 Å². The minimum absolute atomic E-state index is 0.0626. The lowest BCUT2D eigenvalue weighted by molar-refractivity contribution is -0.384. The number of hydrogen-bond donors (Lipinski definition) is 2. The molecule has 2 N–H and O–H groups in total. The van der Waals surface area contributed by atoms with Crippen LogP contribution in [0.1, 0.15) is 5.56 Å². The zero-order valence-electron chi connectivity index (χ0n) is 12.9. The number of nitro benzene ring substituents is 1. The Labute approximate surface area is 149 Å². The Balaban J connectivity index is 1.80. The van der Waals surface area contributed by atoms with E-state index in [2.05, 4.69) is 10.6 Å². The molecule has 0 heterocycles. The van der Waals surface area contributed by atoms with E-state index >= 15 is 0 Å². The van der Waals surface area contributed by atoms with Crippen molar-refractivity contribution < 1.29 is 9.66 Å². The van der Waals surface area contributed by atoms with Crippen molar-refractivity contribution in [2.75, 3.05) is 18.5 Å². The average molecular weight is 366 g/mol. The third kappa shape index (κ3) is 5.36. The molecular formula is C16H16ClN3O3S. The van der Waals surface area contributed by atoms with Crippen LogP contribution in [0.3, 0.4) is 0 Å². The number of rotatable bonds is 6. The van der Waals surface area contributed by atoms with Gasteiger partial charge >= 0.3 is 0 Å². The van der Waals surface area contributed by atoms with E-state index in [1.165, 1.54) is 23.8 Å². The van der Waals surface area contributed by atoms with E-state index in [9.17, 15) is 10.1 Å². The average Bonchev–Trinajstić information content (AvgIpc) is 2.55. The first kappa shape index (κ1) is 18.0. The predicted molar refractivity (Wildman–Crippen MR) is 99.0 cm³/mol. The number of hydrogen-bond acceptors (Lipinski definition) is 4. The largest absolute Gasteiger partial charge is 0.492 e. The number of nitrogens with zero attached hydrogens (tertiary/aromatic N) is 1. The molecule has 0 aliphatic carbocycles. The molecule has 0 saturated carbocycles. The van der Waals surface area contributed by atoms with E-state index in [0.29, 0.717) is 29.0 Å². The molecule has 2 aromatic rings. The zero-order chi connectivity index (χ0) is 17.5. The summed E-state index contributed by atoms with van der Waals surface area (Å²) in [4.78, 5) is 10.3. The Morgan fingerprint density at radius 2 is 2.00 bits per heavy atom. The highest BCUT2D eigenvalue weighted by Crippen LogP contribution is 2.26. The van der Waals surface area contributed by atoms with Gasteiger partial charge in [0.2, 0.25) is 0 Å². The molecule has 0 bridgehead atoms. The first-order valence-corrected chi connectivity index (χ1v) is 7.92. The van der Waals surface area contributed by atoms with Crippen molar-refractivity contribution in [1.82, 2.24) is 5.32 Å². The second-order valence-electron chi connectivity index (χ2n) is 4.96. The fourth-order valence-corrected chi connectivity index (χ4v) is 2.23. The molecule has 0 spiro atoms. The number of non-ortho nitro benzene ring substituents is 1. The fraction of sp³-hybridized carbons (Fsp3) is 0.188. The normalized spacial score (nSPS) is 10.1. The van der Waals surface area contributed by atoms with E-state index < -0.39 is 4.92 Å². The Morgan fingerprint density at radius 3 is 2.67 bits per heavy atom. The summed E-state index contributed by atoms with van der Waals surface area (Å²) in [5.41, 5.74) is 1.48. The van der Waals surface area contributed by atoms with Gasteiger partial charge in [-0.15, -0.1) is 0 Å². The maximum atomic E-state index is 10.8. The molecule has 0 aromatic heterocycles. The first-order chi connectivity index (χ1) is 11.5. The van der Waals surface area contributed by atoms with Crippen LogP contribution in [0, 0.1) is 17.0 Å². The van der Waals surface area contributed by atoms with E-state index in [4.69, 9.17) is 28.6 Å². The number of thiocarbonyl (C=S) groups is 1. The molecule has 24 heavy (non-hydrogen) atoms. The van der Waals surface area contributed by atoms with Gasteiger partial charge < -0.3 is 15.4 Å². The number of nitro groups is 1. The van der Waals surface area contributed by atoms with Gasteiger partial charge in [0.1, 0.15) is 12.4 Å². The lowest BCUT2D eigenvalue weighted by Gasteiger charge is -2.12. The Bertz CT molecular complexity index is 738. The van der Waals surface area contributed by atoms with Gasteiger partial charge in [0.15, 0.2) is 5.11 Å². The number of ether oxygens (including phenoxy) is 1. The van der Waals surface area contributed by atoms with Gasteiger partial charge in [-0.25, -0.2) is 0 Å². The van der Waals surface area contributed by atoms with Gasteiger partial charge in [-0.3, -0.25) is 10.1 Å². The van der Waals surface area contributed by atoms with Crippen molar-refractivity contribution in [3.05, 3.63) is 63.2 Å². The van der Waals surface area contributed by atoms with Crippen LogP contribution in [-0.2, 0) is 0 Å². The summed E-state index contributed by atoms with van der Waals surface area (Å²) in [5, 5.41) is 17.2. The van der Waals surface area contributed by atoms with E-state index in [1.54, 1.807) is 0 Å². The fourth-order valence-electron chi connectivity index (χ4n) is 1.86. The molecule has 126 valence electrons. The highest BCUT2D eigenvalue weighted by molar-refractivity contribution is 7.80. The second kappa shape index (κ2) is 8.47. The maximum Gasteiger partial charge on any atom is 0.271 e. The summed E-state index contributed by atoms with van der Waals surface area (Å²) in [6, 6.07) is 11.9. The summed E-state index contributed by atoms with van der Waals surface area (Å²) in [5.74, 6) is 0.781. The van der Waals surface area contributed by atoms with Gasteiger partial charge in [0.25, 0.3) is 5.69 Å². The standard InChI is InChI=1S/C16H16ClN3O3S/c1-11-2-5-13(6-3-11)23-9-8-18-16(24)19-15-10-12(20(21)22)4-7-14(15)17/h2-7,10H,8-9H2,1H3,(H2,18,19,24). The molecule has 0 aliphatic rings. The van der Waals surface area contributed by atoms with Crippen LogP contribution >= 0.6 is 23.8 Å². The van der Waals surface area contributed by atoms with Gasteiger partial charge in [0.05, 0.1) is 22.2 Å². The monoisotopic (exact) mass is 365 g/mol. The van der Waals surface area contributed by atoms with Crippen LogP contribution in [0.2, 0.25) is 5.02 Å². The molecule has 2 aromatic carbocycles. The van der Waals surface area contributed by atoms with Gasteiger partial charge in [0, 0.05) is 12.1 Å². The first-order valence-electron chi connectivity index (χ1n) is 7.14. The third-order valence-corrected chi connectivity index (χ3v) is 3.66. The molecule has 0 aliphatic heterocycles. The van der Waals surface area contributed by atoms with Crippen molar-refractivity contribution in [1.29, 1.82) is 0 Å². The van der Waals surface area contributed by atoms with Crippen LogP contribution in [0.25, 0.3) is 0 Å². The number of aryl methyl sites for hydroxylation is 1. The van der Waals surface area contributed by atoms with Gasteiger partial charge in [-0.05, 0) is 37.3 Å². The zero-order valence-corrected chi connectivity index (χ0v) is 14.5. The second-order valence-corrected chi connectivity index (χ2v) is 5.78. The molecule has 0 unspecified atom stereocenters. The van der Waals surface area contributed by atoms with Crippen molar-refractivity contribution >= 4 is 40.3 Å².